The zero-order chi connectivity index (χ0) is 21.2. The van der Waals surface area contributed by atoms with E-state index >= 15 is 0 Å². The van der Waals surface area contributed by atoms with E-state index in [0.717, 1.165) is 5.56 Å². The molecule has 0 atom stereocenters. The smallest absolute Gasteiger partial charge is 0.289 e. The van der Waals surface area contributed by atoms with Crippen molar-refractivity contribution < 1.29 is 9.53 Å². The van der Waals surface area contributed by atoms with Crippen LogP contribution < -0.4 is 10.3 Å². The molecular weight excluding hydrogens is 411 g/mol. The topological polar surface area (TPSA) is 61.2 Å². The molecule has 7 heteroatoms. The Balaban J connectivity index is 1.71. The van der Waals surface area contributed by atoms with Gasteiger partial charge in [-0.15, -0.1) is 0 Å². The Bertz CT molecular complexity index is 1080. The summed E-state index contributed by atoms with van der Waals surface area (Å²) in [5.41, 5.74) is 1.07. The standard InChI is InChI=1S/C22H20Cl2N2O3/c1-22(2,3)26-21(28)19(24)18(12-25-26)29-13-14-4-6-15(7-5-14)20(27)16-8-10-17(23)11-9-16/h4-12H,13H2,1-3H3. The van der Waals surface area contributed by atoms with Crippen molar-refractivity contribution in [2.45, 2.75) is 32.9 Å². The number of rotatable bonds is 5. The Morgan fingerprint density at radius 1 is 1.00 bits per heavy atom. The molecule has 1 heterocycles. The molecule has 2 aromatic carbocycles. The highest BCUT2D eigenvalue weighted by atomic mass is 35.5. The molecule has 0 amide bonds. The van der Waals surface area contributed by atoms with Crippen LogP contribution in [0, 0.1) is 0 Å². The minimum Gasteiger partial charge on any atom is -0.485 e. The number of nitrogens with zero attached hydrogens (tertiary/aromatic N) is 2. The molecule has 0 saturated heterocycles. The van der Waals surface area contributed by atoms with Crippen LogP contribution in [0.3, 0.4) is 0 Å². The molecule has 0 aliphatic heterocycles. The molecule has 0 aliphatic carbocycles. The lowest BCUT2D eigenvalue weighted by Gasteiger charge is -2.21. The van der Waals surface area contributed by atoms with Gasteiger partial charge < -0.3 is 4.74 Å². The largest absolute Gasteiger partial charge is 0.485 e. The number of hydrogen-bond donors (Lipinski definition) is 0. The van der Waals surface area contributed by atoms with E-state index in [4.69, 9.17) is 27.9 Å². The SMILES string of the molecule is CC(C)(C)n1ncc(OCc2ccc(C(=O)c3ccc(Cl)cc3)cc2)c(Cl)c1=O. The quantitative estimate of drug-likeness (QED) is 0.527. The Kier molecular flexibility index (Phi) is 6.10. The van der Waals surface area contributed by atoms with Gasteiger partial charge in [-0.05, 0) is 50.6 Å². The van der Waals surface area contributed by atoms with Gasteiger partial charge in [0.05, 0.1) is 11.7 Å². The molecule has 0 aliphatic rings. The maximum Gasteiger partial charge on any atom is 0.289 e. The molecule has 3 rings (SSSR count). The lowest BCUT2D eigenvalue weighted by atomic mass is 10.0. The molecule has 0 N–H and O–H groups in total. The number of halogens is 2. The zero-order valence-electron chi connectivity index (χ0n) is 16.3. The average molecular weight is 431 g/mol. The van der Waals surface area contributed by atoms with E-state index in [1.54, 1.807) is 48.5 Å². The van der Waals surface area contributed by atoms with Gasteiger partial charge in [-0.2, -0.15) is 5.10 Å². The van der Waals surface area contributed by atoms with Crippen LogP contribution in [-0.4, -0.2) is 15.6 Å². The number of ketones is 1. The summed E-state index contributed by atoms with van der Waals surface area (Å²) in [5.74, 6) is 0.130. The Morgan fingerprint density at radius 2 is 1.55 bits per heavy atom. The number of benzene rings is 2. The Labute approximate surface area is 178 Å². The fourth-order valence-corrected chi connectivity index (χ4v) is 2.99. The van der Waals surface area contributed by atoms with Crippen LogP contribution in [0.15, 0.2) is 59.5 Å². The summed E-state index contributed by atoms with van der Waals surface area (Å²) < 4.78 is 6.98. The van der Waals surface area contributed by atoms with E-state index in [0.29, 0.717) is 16.1 Å². The molecule has 150 valence electrons. The predicted molar refractivity (Wildman–Crippen MR) is 114 cm³/mol. The normalized spacial score (nSPS) is 11.3. The first-order valence-corrected chi connectivity index (χ1v) is 9.73. The van der Waals surface area contributed by atoms with Crippen LogP contribution in [0.25, 0.3) is 0 Å². The molecule has 5 nitrogen and oxygen atoms in total. The van der Waals surface area contributed by atoms with Crippen molar-refractivity contribution in [3.63, 3.8) is 0 Å². The first-order valence-electron chi connectivity index (χ1n) is 8.97. The summed E-state index contributed by atoms with van der Waals surface area (Å²) >= 11 is 12.0. The second-order valence-electron chi connectivity index (χ2n) is 7.53. The third kappa shape index (κ3) is 4.86. The maximum absolute atomic E-state index is 12.5. The third-order valence-electron chi connectivity index (χ3n) is 4.24. The highest BCUT2D eigenvalue weighted by Gasteiger charge is 2.20. The molecule has 0 unspecified atom stereocenters. The van der Waals surface area contributed by atoms with Crippen LogP contribution >= 0.6 is 23.2 Å². The first-order chi connectivity index (χ1) is 13.7. The lowest BCUT2D eigenvalue weighted by Crippen LogP contribution is -2.36. The average Bonchev–Trinajstić information content (AvgIpc) is 2.68. The van der Waals surface area contributed by atoms with Gasteiger partial charge in [0.25, 0.3) is 5.56 Å². The molecule has 29 heavy (non-hydrogen) atoms. The van der Waals surface area contributed by atoms with E-state index in [2.05, 4.69) is 5.10 Å². The first kappa shape index (κ1) is 21.1. The van der Waals surface area contributed by atoms with Crippen LogP contribution in [0.5, 0.6) is 5.75 Å². The van der Waals surface area contributed by atoms with Crippen molar-refractivity contribution in [1.82, 2.24) is 9.78 Å². The van der Waals surface area contributed by atoms with Gasteiger partial charge >= 0.3 is 0 Å². The fourth-order valence-electron chi connectivity index (χ4n) is 2.68. The minimum absolute atomic E-state index is 0.00976. The molecule has 1 aromatic heterocycles. The predicted octanol–water partition coefficient (Wildman–Crippen LogP) is 5.12. The minimum atomic E-state index is -0.480. The summed E-state index contributed by atoms with van der Waals surface area (Å²) in [6.45, 7) is 5.79. The van der Waals surface area contributed by atoms with Gasteiger partial charge in [-0.1, -0.05) is 47.5 Å². The number of carbonyl (C=O) groups excluding carboxylic acids is 1. The van der Waals surface area contributed by atoms with Crippen LogP contribution in [0.2, 0.25) is 10.0 Å². The van der Waals surface area contributed by atoms with Gasteiger partial charge in [-0.3, -0.25) is 9.59 Å². The van der Waals surface area contributed by atoms with Gasteiger partial charge in [0.15, 0.2) is 16.6 Å². The summed E-state index contributed by atoms with van der Waals surface area (Å²) in [4.78, 5) is 24.9. The maximum atomic E-state index is 12.5. The second kappa shape index (κ2) is 8.39. The molecule has 0 bridgehead atoms. The molecule has 0 saturated carbocycles. The highest BCUT2D eigenvalue weighted by Crippen LogP contribution is 2.22. The highest BCUT2D eigenvalue weighted by molar-refractivity contribution is 6.31. The van der Waals surface area contributed by atoms with E-state index in [-0.39, 0.29) is 23.2 Å². The number of carbonyl (C=O) groups is 1. The van der Waals surface area contributed by atoms with Crippen molar-refractivity contribution in [1.29, 1.82) is 0 Å². The summed E-state index contributed by atoms with van der Waals surface area (Å²) in [6, 6.07) is 13.8. The molecule has 0 fully saturated rings. The lowest BCUT2D eigenvalue weighted by molar-refractivity contribution is 0.103. The monoisotopic (exact) mass is 430 g/mol. The van der Waals surface area contributed by atoms with Crippen molar-refractivity contribution in [2.24, 2.45) is 0 Å². The van der Waals surface area contributed by atoms with E-state index in [1.807, 2.05) is 20.8 Å². The van der Waals surface area contributed by atoms with Gasteiger partial charge in [0.2, 0.25) is 0 Å². The van der Waals surface area contributed by atoms with Crippen molar-refractivity contribution in [3.8, 4) is 5.75 Å². The molecular formula is C22H20Cl2N2O3. The van der Waals surface area contributed by atoms with Crippen LogP contribution in [-0.2, 0) is 12.1 Å². The fraction of sp³-hybridized carbons (Fsp3) is 0.227. The zero-order valence-corrected chi connectivity index (χ0v) is 17.8. The van der Waals surface area contributed by atoms with Gasteiger partial charge in [-0.25, -0.2) is 4.68 Å². The summed E-state index contributed by atoms with van der Waals surface area (Å²) in [5, 5.41) is 4.71. The second-order valence-corrected chi connectivity index (χ2v) is 8.35. The van der Waals surface area contributed by atoms with E-state index < -0.39 is 11.1 Å². The van der Waals surface area contributed by atoms with Crippen molar-refractivity contribution in [3.05, 3.63) is 91.8 Å². The Hall–Kier alpha value is -2.63. The van der Waals surface area contributed by atoms with Crippen LogP contribution in [0.1, 0.15) is 42.3 Å². The summed E-state index contributed by atoms with van der Waals surface area (Å²) in [7, 11) is 0. The third-order valence-corrected chi connectivity index (χ3v) is 4.84. The van der Waals surface area contributed by atoms with Crippen molar-refractivity contribution >= 4 is 29.0 Å². The summed E-state index contributed by atoms with van der Waals surface area (Å²) in [6.07, 6.45) is 1.44. The number of ether oxygens (including phenoxy) is 1. The van der Waals surface area contributed by atoms with Crippen molar-refractivity contribution in [2.75, 3.05) is 0 Å². The van der Waals surface area contributed by atoms with E-state index in [1.165, 1.54) is 10.9 Å². The number of hydrogen-bond acceptors (Lipinski definition) is 4. The van der Waals surface area contributed by atoms with Crippen LogP contribution in [0.4, 0.5) is 0 Å². The van der Waals surface area contributed by atoms with E-state index in [9.17, 15) is 9.59 Å². The number of aromatic nitrogens is 2. The molecule has 0 radical (unpaired) electrons. The Morgan fingerprint density at radius 3 is 2.10 bits per heavy atom. The molecule has 3 aromatic rings. The van der Waals surface area contributed by atoms with Gasteiger partial charge in [0, 0.05) is 16.1 Å². The van der Waals surface area contributed by atoms with Gasteiger partial charge in [0.1, 0.15) is 6.61 Å². The molecule has 0 spiro atoms.